The number of aromatic nitrogens is 2. The summed E-state index contributed by atoms with van der Waals surface area (Å²) < 4.78 is 0. The summed E-state index contributed by atoms with van der Waals surface area (Å²) in [5, 5.41) is 11.3. The zero-order valence-corrected chi connectivity index (χ0v) is 12.0. The van der Waals surface area contributed by atoms with Gasteiger partial charge in [-0.3, -0.25) is 10.1 Å². The van der Waals surface area contributed by atoms with Crippen LogP contribution < -0.4 is 10.6 Å². The number of nitrogens with two attached hydrogens (primary N) is 1. The van der Waals surface area contributed by atoms with Gasteiger partial charge in [0.05, 0.1) is 4.92 Å². The fourth-order valence-corrected chi connectivity index (χ4v) is 2.58. The molecular weight excluding hydrogens is 260 g/mol. The molecular formula is C12H20N6O2. The van der Waals surface area contributed by atoms with Crippen LogP contribution >= 0.6 is 0 Å². The van der Waals surface area contributed by atoms with Crippen molar-refractivity contribution in [3.63, 3.8) is 0 Å². The number of nitro groups is 1. The molecule has 8 heteroatoms. The van der Waals surface area contributed by atoms with Gasteiger partial charge >= 0.3 is 5.69 Å². The van der Waals surface area contributed by atoms with E-state index in [0.717, 1.165) is 19.4 Å². The normalized spacial score (nSPS) is 19.4. The number of anilines is 2. The number of piperidine rings is 1. The van der Waals surface area contributed by atoms with E-state index in [9.17, 15) is 10.1 Å². The molecule has 0 bridgehead atoms. The van der Waals surface area contributed by atoms with Crippen molar-refractivity contribution in [3.8, 4) is 0 Å². The van der Waals surface area contributed by atoms with Gasteiger partial charge in [-0.05, 0) is 33.9 Å². The Hall–Kier alpha value is -1.96. The fraction of sp³-hybridized carbons (Fsp3) is 0.667. The first kappa shape index (κ1) is 14.4. The Balaban J connectivity index is 2.38. The Morgan fingerprint density at radius 2 is 2.15 bits per heavy atom. The maximum absolute atomic E-state index is 11.3. The number of aryl methyl sites for hydroxylation is 1. The van der Waals surface area contributed by atoms with Gasteiger partial charge in [0.15, 0.2) is 0 Å². The Bertz CT molecular complexity index is 519. The summed E-state index contributed by atoms with van der Waals surface area (Å²) in [6, 6.07) is 0.361. The minimum atomic E-state index is -0.427. The fourth-order valence-electron chi connectivity index (χ4n) is 2.58. The monoisotopic (exact) mass is 280 g/mol. The van der Waals surface area contributed by atoms with Crippen LogP contribution in [-0.4, -0.2) is 53.0 Å². The largest absolute Gasteiger partial charge is 0.368 e. The third kappa shape index (κ3) is 2.79. The molecule has 1 fully saturated rings. The Kier molecular flexibility index (Phi) is 4.03. The van der Waals surface area contributed by atoms with Crippen LogP contribution in [0.2, 0.25) is 0 Å². The molecule has 1 aliphatic heterocycles. The van der Waals surface area contributed by atoms with Gasteiger partial charge < -0.3 is 15.5 Å². The molecule has 0 aromatic carbocycles. The lowest BCUT2D eigenvalue weighted by Gasteiger charge is -2.36. The Morgan fingerprint density at radius 3 is 2.75 bits per heavy atom. The summed E-state index contributed by atoms with van der Waals surface area (Å²) in [6.45, 7) is 3.05. The highest BCUT2D eigenvalue weighted by Gasteiger charge is 2.30. The van der Waals surface area contributed by atoms with Gasteiger partial charge in [-0.2, -0.15) is 4.98 Å². The van der Waals surface area contributed by atoms with E-state index in [1.54, 1.807) is 6.92 Å². The molecule has 0 amide bonds. The first-order valence-electron chi connectivity index (χ1n) is 6.60. The predicted molar refractivity (Wildman–Crippen MR) is 76.8 cm³/mol. The summed E-state index contributed by atoms with van der Waals surface area (Å²) in [4.78, 5) is 22.9. The van der Waals surface area contributed by atoms with Crippen molar-refractivity contribution in [2.75, 3.05) is 37.8 Å². The van der Waals surface area contributed by atoms with Crippen LogP contribution in [0.5, 0.6) is 0 Å². The van der Waals surface area contributed by atoms with Crippen molar-refractivity contribution in [1.82, 2.24) is 14.9 Å². The molecule has 0 saturated carbocycles. The summed E-state index contributed by atoms with van der Waals surface area (Å²) in [7, 11) is 4.03. The lowest BCUT2D eigenvalue weighted by Crippen LogP contribution is -2.45. The molecule has 110 valence electrons. The molecule has 1 saturated heterocycles. The molecule has 1 unspecified atom stereocenters. The number of rotatable bonds is 3. The molecule has 2 rings (SSSR count). The standard InChI is InChI=1S/C12H20N6O2/c1-8-10(18(19)20)11(15-12(13)14-8)17-6-4-5-9(7-17)16(2)3/h9H,4-7H2,1-3H3,(H2,13,14,15). The van der Waals surface area contributed by atoms with Gasteiger partial charge in [-0.25, -0.2) is 4.98 Å². The van der Waals surface area contributed by atoms with Gasteiger partial charge in [0.2, 0.25) is 11.8 Å². The van der Waals surface area contributed by atoms with Crippen molar-refractivity contribution >= 4 is 17.5 Å². The first-order valence-corrected chi connectivity index (χ1v) is 6.60. The number of nitrogens with zero attached hydrogens (tertiary/aromatic N) is 5. The van der Waals surface area contributed by atoms with Gasteiger partial charge in [0, 0.05) is 19.1 Å². The van der Waals surface area contributed by atoms with Crippen LogP contribution in [0, 0.1) is 17.0 Å². The van der Waals surface area contributed by atoms with E-state index >= 15 is 0 Å². The topological polar surface area (TPSA) is 101 Å². The lowest BCUT2D eigenvalue weighted by molar-refractivity contribution is -0.385. The zero-order chi connectivity index (χ0) is 14.9. The first-order chi connectivity index (χ1) is 9.40. The number of nitrogen functional groups attached to an aromatic ring is 1. The van der Waals surface area contributed by atoms with Crippen molar-refractivity contribution in [1.29, 1.82) is 0 Å². The molecule has 0 aliphatic carbocycles. The third-order valence-electron chi connectivity index (χ3n) is 3.67. The molecule has 2 N–H and O–H groups in total. The van der Waals surface area contributed by atoms with Crippen LogP contribution in [0.4, 0.5) is 17.5 Å². The molecule has 1 aromatic heterocycles. The molecule has 20 heavy (non-hydrogen) atoms. The highest BCUT2D eigenvalue weighted by atomic mass is 16.6. The smallest absolute Gasteiger partial charge is 0.332 e. The van der Waals surface area contributed by atoms with E-state index in [-0.39, 0.29) is 11.6 Å². The number of hydrogen-bond acceptors (Lipinski definition) is 7. The molecule has 1 aromatic rings. The lowest BCUT2D eigenvalue weighted by atomic mass is 10.0. The minimum Gasteiger partial charge on any atom is -0.368 e. The van der Waals surface area contributed by atoms with E-state index in [0.29, 0.717) is 24.1 Å². The second kappa shape index (κ2) is 5.58. The number of likely N-dealkylation sites (N-methyl/N-ethyl adjacent to an activating group) is 1. The van der Waals surface area contributed by atoms with Crippen LogP contribution in [0.3, 0.4) is 0 Å². The summed E-state index contributed by atoms with van der Waals surface area (Å²) in [5.41, 5.74) is 5.91. The van der Waals surface area contributed by atoms with Crippen molar-refractivity contribution in [3.05, 3.63) is 15.8 Å². The zero-order valence-electron chi connectivity index (χ0n) is 12.0. The molecule has 0 spiro atoms. The highest BCUT2D eigenvalue weighted by Crippen LogP contribution is 2.31. The van der Waals surface area contributed by atoms with E-state index in [2.05, 4.69) is 14.9 Å². The molecule has 2 heterocycles. The van der Waals surface area contributed by atoms with Crippen LogP contribution in [0.1, 0.15) is 18.5 Å². The second-order valence-electron chi connectivity index (χ2n) is 5.30. The number of hydrogen-bond donors (Lipinski definition) is 1. The summed E-state index contributed by atoms with van der Waals surface area (Å²) in [5.74, 6) is 0.418. The second-order valence-corrected chi connectivity index (χ2v) is 5.30. The van der Waals surface area contributed by atoms with Gasteiger partial charge in [0.1, 0.15) is 5.69 Å². The molecule has 1 atom stereocenters. The van der Waals surface area contributed by atoms with Gasteiger partial charge in [-0.15, -0.1) is 0 Å². The van der Waals surface area contributed by atoms with Crippen LogP contribution in [0.15, 0.2) is 0 Å². The van der Waals surface area contributed by atoms with E-state index < -0.39 is 4.92 Å². The van der Waals surface area contributed by atoms with E-state index in [1.807, 2.05) is 19.0 Å². The van der Waals surface area contributed by atoms with Crippen molar-refractivity contribution in [2.45, 2.75) is 25.8 Å². The predicted octanol–water partition coefficient (Wildman–Crippen LogP) is 0.806. The van der Waals surface area contributed by atoms with Gasteiger partial charge in [0.25, 0.3) is 0 Å². The van der Waals surface area contributed by atoms with E-state index in [1.165, 1.54) is 0 Å². The molecule has 8 nitrogen and oxygen atoms in total. The van der Waals surface area contributed by atoms with E-state index in [4.69, 9.17) is 5.73 Å². The van der Waals surface area contributed by atoms with Crippen molar-refractivity contribution < 1.29 is 4.92 Å². The molecule has 1 aliphatic rings. The third-order valence-corrected chi connectivity index (χ3v) is 3.67. The van der Waals surface area contributed by atoms with Crippen LogP contribution in [0.25, 0.3) is 0 Å². The maximum atomic E-state index is 11.3. The van der Waals surface area contributed by atoms with Crippen LogP contribution in [-0.2, 0) is 0 Å². The maximum Gasteiger partial charge on any atom is 0.332 e. The summed E-state index contributed by atoms with van der Waals surface area (Å²) >= 11 is 0. The average molecular weight is 280 g/mol. The van der Waals surface area contributed by atoms with Crippen molar-refractivity contribution in [2.24, 2.45) is 0 Å². The highest BCUT2D eigenvalue weighted by molar-refractivity contribution is 5.62. The van der Waals surface area contributed by atoms with Gasteiger partial charge in [-0.1, -0.05) is 0 Å². The average Bonchev–Trinajstić information content (AvgIpc) is 2.37. The molecule has 0 radical (unpaired) electrons. The Morgan fingerprint density at radius 1 is 1.45 bits per heavy atom. The Labute approximate surface area is 117 Å². The quantitative estimate of drug-likeness (QED) is 0.645. The minimum absolute atomic E-state index is 0.0430. The SMILES string of the molecule is Cc1nc(N)nc(N2CCCC(N(C)C)C2)c1[N+](=O)[O-]. The summed E-state index contributed by atoms with van der Waals surface area (Å²) in [6.07, 6.45) is 2.06.